The van der Waals surface area contributed by atoms with Gasteiger partial charge in [-0.05, 0) is 0 Å². The Morgan fingerprint density at radius 2 is 0.923 bits per heavy atom. The molecule has 0 saturated heterocycles. The molecule has 0 saturated carbocycles. The highest BCUT2D eigenvalue weighted by Gasteiger charge is 2.28. The van der Waals surface area contributed by atoms with Crippen molar-refractivity contribution in [3.8, 4) is 30.6 Å². The molecule has 0 amide bonds. The van der Waals surface area contributed by atoms with Crippen molar-refractivity contribution in [3.05, 3.63) is 45.3 Å². The summed E-state index contributed by atoms with van der Waals surface area (Å²) in [6.07, 6.45) is 4.86. The minimum atomic E-state index is -2.19. The van der Waals surface area contributed by atoms with Crippen molar-refractivity contribution in [2.45, 2.75) is 0 Å². The van der Waals surface area contributed by atoms with E-state index in [1.807, 2.05) is 0 Å². The fourth-order valence-corrected chi connectivity index (χ4v) is 2.25. The second-order valence-corrected chi connectivity index (χ2v) is 4.61. The third kappa shape index (κ3) is 2.32. The third-order valence-electron chi connectivity index (χ3n) is 3.37. The highest BCUT2D eigenvalue weighted by atomic mass is 19.2. The molecule has 0 fully saturated rings. The lowest BCUT2D eigenvalue weighted by Gasteiger charge is -2.09. The van der Waals surface area contributed by atoms with Crippen LogP contribution in [0.5, 0.6) is 0 Å². The van der Waals surface area contributed by atoms with E-state index in [0.29, 0.717) is 0 Å². The van der Waals surface area contributed by atoms with E-state index in [4.69, 9.17) is 22.2 Å². The first-order valence-electron chi connectivity index (χ1n) is 6.34. The van der Waals surface area contributed by atoms with Gasteiger partial charge in [-0.3, -0.25) is 0 Å². The van der Waals surface area contributed by atoms with E-state index in [-0.39, 0.29) is 0 Å². The number of terminal acetylenes is 1. The van der Waals surface area contributed by atoms with Crippen LogP contribution < -0.4 is 10.4 Å². The standard InChI is InChI=1S/C17HF6N3/c1-2-6(3-24)8-12(18)10-11(16(22)14(8)20)13(19)9(7(4-25)5-26)15(21)17(10)23/h1H/b8-6+. The number of nitriles is 3. The number of rotatable bonds is 0. The molecule has 2 rings (SSSR count). The van der Waals surface area contributed by atoms with Gasteiger partial charge in [0, 0.05) is 0 Å². The zero-order chi connectivity index (χ0) is 19.8. The molecule has 2 aromatic rings. The lowest BCUT2D eigenvalue weighted by Crippen LogP contribution is -2.25. The number of halogens is 6. The zero-order valence-electron chi connectivity index (χ0n) is 12.2. The largest absolute Gasteiger partial charge is 0.205 e. The first-order valence-corrected chi connectivity index (χ1v) is 6.34. The van der Waals surface area contributed by atoms with E-state index in [2.05, 4.69) is 0 Å². The van der Waals surface area contributed by atoms with Crippen molar-refractivity contribution in [2.24, 2.45) is 0 Å². The van der Waals surface area contributed by atoms with E-state index in [1.54, 1.807) is 5.92 Å². The van der Waals surface area contributed by atoms with E-state index in [0.717, 1.165) is 12.1 Å². The topological polar surface area (TPSA) is 71.4 Å². The SMILES string of the molecule is C#C/C(C#N)=c1\c(F)c(F)c2c(F)c(=C(C#N)C#N)c(F)c(F)c2c1F. The molecule has 9 heteroatoms. The molecule has 0 spiro atoms. The van der Waals surface area contributed by atoms with Crippen molar-refractivity contribution < 1.29 is 26.3 Å². The monoisotopic (exact) mass is 361 g/mol. The van der Waals surface area contributed by atoms with Gasteiger partial charge in [-0.2, -0.15) is 15.8 Å². The quantitative estimate of drug-likeness (QED) is 0.410. The van der Waals surface area contributed by atoms with Crippen LogP contribution in [-0.4, -0.2) is 0 Å². The first-order chi connectivity index (χ1) is 12.3. The first kappa shape index (κ1) is 18.4. The highest BCUT2D eigenvalue weighted by Crippen LogP contribution is 2.26. The van der Waals surface area contributed by atoms with Crippen molar-refractivity contribution in [1.29, 1.82) is 15.8 Å². The van der Waals surface area contributed by atoms with Gasteiger partial charge < -0.3 is 0 Å². The van der Waals surface area contributed by atoms with Crippen LogP contribution in [0.2, 0.25) is 0 Å². The van der Waals surface area contributed by atoms with Crippen LogP contribution >= 0.6 is 0 Å². The maximum atomic E-state index is 14.5. The molecule has 2 aromatic carbocycles. The maximum absolute atomic E-state index is 14.5. The van der Waals surface area contributed by atoms with Crippen molar-refractivity contribution in [2.75, 3.05) is 0 Å². The second kappa shape index (κ2) is 6.51. The van der Waals surface area contributed by atoms with Gasteiger partial charge in [-0.15, -0.1) is 6.42 Å². The summed E-state index contributed by atoms with van der Waals surface area (Å²) in [6.45, 7) is 0. The molecule has 0 heterocycles. The third-order valence-corrected chi connectivity index (χ3v) is 3.37. The Bertz CT molecular complexity index is 1150. The molecular formula is C17HF6N3. The molecule has 0 aliphatic rings. The Hall–Kier alpha value is -3.95. The molecule has 3 nitrogen and oxygen atoms in total. The fraction of sp³-hybridized carbons (Fsp3) is 0. The number of fused-ring (bicyclic) bond motifs is 1. The molecule has 0 bridgehead atoms. The summed E-state index contributed by atoms with van der Waals surface area (Å²) >= 11 is 0. The summed E-state index contributed by atoms with van der Waals surface area (Å²) in [5.74, 6) is -11.2. The van der Waals surface area contributed by atoms with Crippen LogP contribution in [0.15, 0.2) is 0 Å². The van der Waals surface area contributed by atoms with Crippen LogP contribution in [0.1, 0.15) is 0 Å². The Kier molecular flexibility index (Phi) is 4.61. The van der Waals surface area contributed by atoms with Gasteiger partial charge in [0.05, 0.1) is 21.2 Å². The molecular weight excluding hydrogens is 360 g/mol. The lowest BCUT2D eigenvalue weighted by atomic mass is 10.0. The van der Waals surface area contributed by atoms with Gasteiger partial charge in [-0.1, -0.05) is 5.92 Å². The fourth-order valence-electron chi connectivity index (χ4n) is 2.25. The Balaban J connectivity index is 3.48. The van der Waals surface area contributed by atoms with Crippen LogP contribution in [0.3, 0.4) is 0 Å². The van der Waals surface area contributed by atoms with Crippen molar-refractivity contribution in [1.82, 2.24) is 0 Å². The maximum Gasteiger partial charge on any atom is 0.171 e. The predicted octanol–water partition coefficient (Wildman–Crippen LogP) is 2.18. The van der Waals surface area contributed by atoms with Gasteiger partial charge in [0.2, 0.25) is 0 Å². The summed E-state index contributed by atoms with van der Waals surface area (Å²) in [6, 6.07) is 3.30. The summed E-state index contributed by atoms with van der Waals surface area (Å²) in [5, 5.41) is 19.7. The van der Waals surface area contributed by atoms with Gasteiger partial charge in [0.1, 0.15) is 41.0 Å². The van der Waals surface area contributed by atoms with E-state index >= 15 is 0 Å². The van der Waals surface area contributed by atoms with Crippen LogP contribution in [0.4, 0.5) is 26.3 Å². The van der Waals surface area contributed by atoms with Gasteiger partial charge in [-0.25, -0.2) is 26.3 Å². The normalized spacial score (nSPS) is 11.2. The van der Waals surface area contributed by atoms with Crippen molar-refractivity contribution in [3.63, 3.8) is 0 Å². The molecule has 26 heavy (non-hydrogen) atoms. The van der Waals surface area contributed by atoms with Gasteiger partial charge >= 0.3 is 0 Å². The zero-order valence-corrected chi connectivity index (χ0v) is 12.2. The Morgan fingerprint density at radius 3 is 1.23 bits per heavy atom. The average Bonchev–Trinajstić information content (AvgIpc) is 2.63. The lowest BCUT2D eigenvalue weighted by molar-refractivity contribution is 0.471. The van der Waals surface area contributed by atoms with Gasteiger partial charge in [0.15, 0.2) is 23.3 Å². The number of hydrogen-bond acceptors (Lipinski definition) is 3. The molecule has 0 aromatic heterocycles. The van der Waals surface area contributed by atoms with Crippen LogP contribution in [0.25, 0.3) is 21.9 Å². The molecule has 0 N–H and O–H groups in total. The molecule has 0 unspecified atom stereocenters. The van der Waals surface area contributed by atoms with Gasteiger partial charge in [0.25, 0.3) is 0 Å². The summed E-state index contributed by atoms with van der Waals surface area (Å²) in [4.78, 5) is 0. The highest BCUT2D eigenvalue weighted by molar-refractivity contribution is 5.89. The average molecular weight is 361 g/mol. The Morgan fingerprint density at radius 1 is 0.577 bits per heavy atom. The summed E-state index contributed by atoms with van der Waals surface area (Å²) in [5.41, 5.74) is -2.36. The van der Waals surface area contributed by atoms with Crippen LogP contribution in [-0.2, 0) is 0 Å². The Labute approximate surface area is 140 Å². The number of benzene rings is 2. The smallest absolute Gasteiger partial charge is 0.171 e. The molecule has 126 valence electrons. The van der Waals surface area contributed by atoms with E-state index < -0.39 is 67.3 Å². The molecule has 0 aliphatic carbocycles. The predicted molar refractivity (Wildman–Crippen MR) is 75.4 cm³/mol. The second-order valence-electron chi connectivity index (χ2n) is 4.61. The minimum Gasteiger partial charge on any atom is -0.205 e. The van der Waals surface area contributed by atoms with Crippen molar-refractivity contribution >= 4 is 21.9 Å². The molecule has 0 atom stereocenters. The molecule has 0 radical (unpaired) electrons. The summed E-state index contributed by atoms with van der Waals surface area (Å²) in [7, 11) is 0. The van der Waals surface area contributed by atoms with Crippen LogP contribution in [0, 0.1) is 81.2 Å². The van der Waals surface area contributed by atoms with E-state index in [1.165, 1.54) is 6.07 Å². The van der Waals surface area contributed by atoms with E-state index in [9.17, 15) is 26.3 Å². The number of nitrogens with zero attached hydrogens (tertiary/aromatic N) is 3. The summed E-state index contributed by atoms with van der Waals surface area (Å²) < 4.78 is 85.6. The number of hydrogen-bond donors (Lipinski definition) is 0. The minimum absolute atomic E-state index is 1.06. The molecule has 0 aliphatic heterocycles.